The molecule has 33 heavy (non-hydrogen) atoms. The van der Waals surface area contributed by atoms with Gasteiger partial charge in [-0.25, -0.2) is 4.79 Å². The number of nitrogens with zero attached hydrogens (tertiary/aromatic N) is 1. The van der Waals surface area contributed by atoms with Gasteiger partial charge >= 0.3 is 5.97 Å². The third-order valence-corrected chi connectivity index (χ3v) is 4.91. The van der Waals surface area contributed by atoms with Crippen LogP contribution in [0.2, 0.25) is 0 Å². The fourth-order valence-corrected chi connectivity index (χ4v) is 2.95. The van der Waals surface area contributed by atoms with E-state index in [4.69, 9.17) is 9.47 Å². The van der Waals surface area contributed by atoms with E-state index >= 15 is 0 Å². The molecule has 0 spiro atoms. The Bertz CT molecular complexity index is 1060. The normalized spacial score (nSPS) is 11.3. The zero-order valence-corrected chi connectivity index (χ0v) is 19.6. The van der Waals surface area contributed by atoms with Crippen LogP contribution in [0, 0.1) is 11.3 Å². The number of nitrogens with one attached hydrogen (secondary N) is 1. The summed E-state index contributed by atoms with van der Waals surface area (Å²) in [6.45, 7) is 6.79. The van der Waals surface area contributed by atoms with Gasteiger partial charge in [-0.1, -0.05) is 57.5 Å². The van der Waals surface area contributed by atoms with Gasteiger partial charge in [0.15, 0.2) is 11.5 Å². The molecule has 0 saturated carbocycles. The zero-order chi connectivity index (χ0) is 24.2. The lowest BCUT2D eigenvalue weighted by atomic mass is 10.0. The molecule has 0 atom stereocenters. The molecule has 1 N–H and O–H groups in total. The number of carbonyl (C=O) groups excluding carboxylic acids is 2. The van der Waals surface area contributed by atoms with E-state index in [-0.39, 0.29) is 11.3 Å². The van der Waals surface area contributed by atoms with Gasteiger partial charge in [0.1, 0.15) is 11.6 Å². The summed E-state index contributed by atoms with van der Waals surface area (Å²) in [7, 11) is 1.45. The average molecular weight is 447 g/mol. The molecule has 0 aliphatic heterocycles. The van der Waals surface area contributed by atoms with E-state index in [0.717, 1.165) is 18.4 Å². The van der Waals surface area contributed by atoms with Crippen LogP contribution in [0.25, 0.3) is 12.2 Å². The van der Waals surface area contributed by atoms with E-state index < -0.39 is 11.9 Å². The van der Waals surface area contributed by atoms with Crippen LogP contribution in [-0.2, 0) is 9.59 Å². The Kier molecular flexibility index (Phi) is 9.91. The molecule has 6 nitrogen and oxygen atoms in total. The Morgan fingerprint density at radius 2 is 1.79 bits per heavy atom. The average Bonchev–Trinajstić information content (AvgIpc) is 2.82. The summed E-state index contributed by atoms with van der Waals surface area (Å²) in [5.74, 6) is 0.0308. The lowest BCUT2D eigenvalue weighted by Gasteiger charge is -2.09. The van der Waals surface area contributed by atoms with Crippen molar-refractivity contribution in [2.75, 3.05) is 13.7 Å². The van der Waals surface area contributed by atoms with Crippen LogP contribution in [0.4, 0.5) is 0 Å². The highest BCUT2D eigenvalue weighted by atomic mass is 16.6. The number of benzene rings is 2. The first-order chi connectivity index (χ1) is 15.9. The van der Waals surface area contributed by atoms with Crippen molar-refractivity contribution in [3.8, 4) is 17.6 Å². The van der Waals surface area contributed by atoms with Crippen molar-refractivity contribution < 1.29 is 19.1 Å². The number of hydrogen-bond donors (Lipinski definition) is 1. The second-order valence-corrected chi connectivity index (χ2v) is 7.77. The molecule has 2 aromatic rings. The van der Waals surface area contributed by atoms with Crippen LogP contribution >= 0.6 is 0 Å². The van der Waals surface area contributed by atoms with Gasteiger partial charge in [0, 0.05) is 12.6 Å². The smallest absolute Gasteiger partial charge is 0.336 e. The first kappa shape index (κ1) is 25.4. The molecule has 0 aliphatic rings. The third kappa shape index (κ3) is 7.97. The molecular weight excluding hydrogens is 416 g/mol. The van der Waals surface area contributed by atoms with Gasteiger partial charge < -0.3 is 14.8 Å². The molecule has 0 bridgehead atoms. The number of ether oxygens (including phenoxy) is 2. The highest BCUT2D eigenvalue weighted by molar-refractivity contribution is 6.01. The third-order valence-electron chi connectivity index (χ3n) is 4.91. The first-order valence-electron chi connectivity index (χ1n) is 11.0. The van der Waals surface area contributed by atoms with Crippen LogP contribution in [-0.4, -0.2) is 25.5 Å². The predicted octanol–water partition coefficient (Wildman–Crippen LogP) is 5.26. The minimum Gasteiger partial charge on any atom is -0.493 e. The van der Waals surface area contributed by atoms with E-state index in [9.17, 15) is 14.9 Å². The van der Waals surface area contributed by atoms with E-state index in [2.05, 4.69) is 19.2 Å². The molecule has 172 valence electrons. The number of rotatable bonds is 10. The topological polar surface area (TPSA) is 88.4 Å². The molecule has 6 heteroatoms. The Morgan fingerprint density at radius 3 is 2.39 bits per heavy atom. The second-order valence-electron chi connectivity index (χ2n) is 7.77. The summed E-state index contributed by atoms with van der Waals surface area (Å²) in [5, 5.41) is 12.0. The quantitative estimate of drug-likeness (QED) is 0.177. The van der Waals surface area contributed by atoms with Crippen LogP contribution in [0.1, 0.15) is 56.2 Å². The zero-order valence-electron chi connectivity index (χ0n) is 19.6. The Labute approximate surface area is 195 Å². The molecule has 2 rings (SSSR count). The van der Waals surface area contributed by atoms with E-state index in [1.54, 1.807) is 24.3 Å². The summed E-state index contributed by atoms with van der Waals surface area (Å²) in [5.41, 5.74) is 2.69. The molecule has 0 aromatic heterocycles. The predicted molar refractivity (Wildman–Crippen MR) is 130 cm³/mol. The number of carbonyl (C=O) groups is 2. The lowest BCUT2D eigenvalue weighted by molar-refractivity contribution is -0.129. The molecule has 0 saturated heterocycles. The van der Waals surface area contributed by atoms with Crippen molar-refractivity contribution in [1.29, 1.82) is 5.26 Å². The Balaban J connectivity index is 2.10. The van der Waals surface area contributed by atoms with Crippen LogP contribution in [0.5, 0.6) is 11.5 Å². The summed E-state index contributed by atoms with van der Waals surface area (Å²) in [6, 6.07) is 14.7. The van der Waals surface area contributed by atoms with Gasteiger partial charge in [0.2, 0.25) is 0 Å². The highest BCUT2D eigenvalue weighted by Crippen LogP contribution is 2.29. The van der Waals surface area contributed by atoms with E-state index in [0.29, 0.717) is 23.8 Å². The molecule has 0 heterocycles. The van der Waals surface area contributed by atoms with Crippen LogP contribution < -0.4 is 14.8 Å². The SMILES string of the molecule is CCCCNC(=O)/C(C#N)=C/c1ccc(OC(=O)/C=C/c2ccc(C(C)C)cc2)c(OC)c1. The number of hydrogen-bond acceptors (Lipinski definition) is 5. The Hall–Kier alpha value is -3.85. The van der Waals surface area contributed by atoms with Crippen molar-refractivity contribution in [3.05, 3.63) is 70.8 Å². The molecule has 0 fully saturated rings. The number of esters is 1. The maximum Gasteiger partial charge on any atom is 0.336 e. The van der Waals surface area contributed by atoms with E-state index in [1.165, 1.54) is 24.8 Å². The molecule has 0 unspecified atom stereocenters. The maximum atomic E-state index is 12.3. The van der Waals surface area contributed by atoms with Crippen molar-refractivity contribution in [3.63, 3.8) is 0 Å². The van der Waals surface area contributed by atoms with Gasteiger partial charge in [-0.3, -0.25) is 4.79 Å². The summed E-state index contributed by atoms with van der Waals surface area (Å²) in [6.07, 6.45) is 6.30. The lowest BCUT2D eigenvalue weighted by Crippen LogP contribution is -2.25. The fraction of sp³-hybridized carbons (Fsp3) is 0.296. The minimum atomic E-state index is -0.544. The minimum absolute atomic E-state index is 0.00989. The maximum absolute atomic E-state index is 12.3. The van der Waals surface area contributed by atoms with Gasteiger partial charge in [0.25, 0.3) is 5.91 Å². The molecule has 0 aliphatic carbocycles. The Morgan fingerprint density at radius 1 is 1.09 bits per heavy atom. The van der Waals surface area contributed by atoms with Gasteiger partial charge in [-0.15, -0.1) is 0 Å². The molecule has 0 radical (unpaired) electrons. The summed E-state index contributed by atoms with van der Waals surface area (Å²) >= 11 is 0. The fourth-order valence-electron chi connectivity index (χ4n) is 2.95. The van der Waals surface area contributed by atoms with Gasteiger partial charge in [-0.2, -0.15) is 5.26 Å². The van der Waals surface area contributed by atoms with Crippen molar-refractivity contribution in [2.45, 2.75) is 39.5 Å². The number of methoxy groups -OCH3 is 1. The second kappa shape index (κ2) is 12.9. The summed E-state index contributed by atoms with van der Waals surface area (Å²) in [4.78, 5) is 24.4. The van der Waals surface area contributed by atoms with Crippen LogP contribution in [0.15, 0.2) is 54.1 Å². The molecule has 1 amide bonds. The highest BCUT2D eigenvalue weighted by Gasteiger charge is 2.12. The van der Waals surface area contributed by atoms with Gasteiger partial charge in [0.05, 0.1) is 7.11 Å². The van der Waals surface area contributed by atoms with Gasteiger partial charge in [-0.05, 0) is 53.3 Å². The van der Waals surface area contributed by atoms with Crippen LogP contribution in [0.3, 0.4) is 0 Å². The number of unbranched alkanes of at least 4 members (excludes halogenated alkanes) is 1. The van der Waals surface area contributed by atoms with Crippen molar-refractivity contribution in [1.82, 2.24) is 5.32 Å². The molecule has 2 aromatic carbocycles. The monoisotopic (exact) mass is 446 g/mol. The van der Waals surface area contributed by atoms with Crippen molar-refractivity contribution >= 4 is 24.0 Å². The standard InChI is InChI=1S/C27H30N2O4/c1-5-6-15-29-27(31)23(18-28)16-21-9-13-24(25(17-21)32-4)33-26(30)14-10-20-7-11-22(12-8-20)19(2)3/h7-14,16-17,19H,5-6,15H2,1-4H3,(H,29,31)/b14-10+,23-16+. The van der Waals surface area contributed by atoms with Crippen molar-refractivity contribution in [2.24, 2.45) is 0 Å². The number of nitriles is 1. The first-order valence-corrected chi connectivity index (χ1v) is 11.0. The molecular formula is C27H30N2O4. The summed E-state index contributed by atoms with van der Waals surface area (Å²) < 4.78 is 10.7. The van der Waals surface area contributed by atoms with E-state index in [1.807, 2.05) is 37.3 Å². The largest absolute Gasteiger partial charge is 0.493 e. The number of amides is 1.